The highest BCUT2D eigenvalue weighted by Crippen LogP contribution is 2.38. The highest BCUT2D eigenvalue weighted by atomic mass is 35.5. The quantitative estimate of drug-likeness (QED) is 0.699. The van der Waals surface area contributed by atoms with Gasteiger partial charge < -0.3 is 4.98 Å². The molecule has 3 aromatic rings. The normalized spacial score (nSPS) is 12.2. The standard InChI is InChI=1S/C11H5ClF4N4/c12-8-4-18-20(19-8)10-5-1-2-17-9(5)7(13)3-6(10)11(14,15)16/h1-4,17H. The zero-order valence-corrected chi connectivity index (χ0v) is 10.3. The van der Waals surface area contributed by atoms with Crippen molar-refractivity contribution >= 4 is 22.5 Å². The molecule has 0 bridgehead atoms. The van der Waals surface area contributed by atoms with Gasteiger partial charge in [-0.25, -0.2) is 4.39 Å². The summed E-state index contributed by atoms with van der Waals surface area (Å²) < 4.78 is 52.9. The van der Waals surface area contributed by atoms with Gasteiger partial charge in [0.2, 0.25) is 0 Å². The lowest BCUT2D eigenvalue weighted by molar-refractivity contribution is -0.137. The van der Waals surface area contributed by atoms with Gasteiger partial charge in [-0.2, -0.15) is 18.3 Å². The van der Waals surface area contributed by atoms with E-state index in [1.165, 1.54) is 12.3 Å². The van der Waals surface area contributed by atoms with Crippen LogP contribution < -0.4 is 0 Å². The first-order valence-corrected chi connectivity index (χ1v) is 5.70. The Labute approximate surface area is 114 Å². The number of hydrogen-bond acceptors (Lipinski definition) is 2. The Morgan fingerprint density at radius 3 is 2.65 bits per heavy atom. The van der Waals surface area contributed by atoms with Crippen molar-refractivity contribution in [1.29, 1.82) is 0 Å². The summed E-state index contributed by atoms with van der Waals surface area (Å²) in [6.45, 7) is 0. The molecule has 2 aromatic heterocycles. The predicted molar refractivity (Wildman–Crippen MR) is 63.2 cm³/mol. The van der Waals surface area contributed by atoms with E-state index in [1.54, 1.807) is 0 Å². The molecule has 9 heteroatoms. The Balaban J connectivity index is 2.43. The van der Waals surface area contributed by atoms with E-state index in [2.05, 4.69) is 15.2 Å². The van der Waals surface area contributed by atoms with Gasteiger partial charge >= 0.3 is 6.18 Å². The average molecular weight is 305 g/mol. The maximum atomic E-state index is 13.7. The molecule has 0 fully saturated rings. The molecule has 1 N–H and O–H groups in total. The van der Waals surface area contributed by atoms with Crippen molar-refractivity contribution in [2.75, 3.05) is 0 Å². The van der Waals surface area contributed by atoms with Gasteiger partial charge in [-0.05, 0) is 12.1 Å². The fourth-order valence-corrected chi connectivity index (χ4v) is 2.08. The Morgan fingerprint density at radius 2 is 2.05 bits per heavy atom. The van der Waals surface area contributed by atoms with E-state index >= 15 is 0 Å². The van der Waals surface area contributed by atoms with Crippen LogP contribution >= 0.6 is 11.6 Å². The molecule has 0 saturated carbocycles. The zero-order valence-electron chi connectivity index (χ0n) is 9.54. The number of halogens is 5. The predicted octanol–water partition coefficient (Wildman–Crippen LogP) is 3.56. The van der Waals surface area contributed by atoms with E-state index < -0.39 is 17.6 Å². The third-order valence-corrected chi connectivity index (χ3v) is 2.91. The largest absolute Gasteiger partial charge is 0.418 e. The molecule has 0 atom stereocenters. The third-order valence-electron chi connectivity index (χ3n) is 2.74. The number of rotatable bonds is 1. The summed E-state index contributed by atoms with van der Waals surface area (Å²) in [6.07, 6.45) is -2.31. The Kier molecular flexibility index (Phi) is 2.72. The van der Waals surface area contributed by atoms with Crippen LogP contribution in [0.25, 0.3) is 16.6 Å². The number of benzene rings is 1. The van der Waals surface area contributed by atoms with E-state index in [-0.39, 0.29) is 21.7 Å². The first-order valence-electron chi connectivity index (χ1n) is 5.33. The maximum Gasteiger partial charge on any atom is 0.418 e. The molecule has 0 aliphatic rings. The minimum Gasteiger partial charge on any atom is -0.359 e. The van der Waals surface area contributed by atoms with Gasteiger partial charge in [-0.1, -0.05) is 11.6 Å². The van der Waals surface area contributed by atoms with Gasteiger partial charge in [0.05, 0.1) is 17.3 Å². The summed E-state index contributed by atoms with van der Waals surface area (Å²) in [5.41, 5.74) is -1.60. The van der Waals surface area contributed by atoms with Gasteiger partial charge in [0.15, 0.2) is 5.15 Å². The number of aromatic nitrogens is 4. The highest BCUT2D eigenvalue weighted by molar-refractivity contribution is 6.29. The lowest BCUT2D eigenvalue weighted by atomic mass is 10.1. The highest BCUT2D eigenvalue weighted by Gasteiger charge is 2.37. The SMILES string of the molecule is Fc1cc(C(F)(F)F)c(-n2ncc(Cl)n2)c2cc[nH]c12. The molecule has 0 saturated heterocycles. The summed E-state index contributed by atoms with van der Waals surface area (Å²) in [5, 5.41) is 7.26. The van der Waals surface area contributed by atoms with Crippen molar-refractivity contribution in [2.45, 2.75) is 6.18 Å². The molecule has 0 aliphatic heterocycles. The van der Waals surface area contributed by atoms with Gasteiger partial charge in [-0.3, -0.25) is 0 Å². The van der Waals surface area contributed by atoms with E-state index in [0.29, 0.717) is 6.07 Å². The van der Waals surface area contributed by atoms with Crippen LogP contribution in [-0.2, 0) is 6.18 Å². The first-order chi connectivity index (χ1) is 9.38. The van der Waals surface area contributed by atoms with Crippen molar-refractivity contribution in [2.24, 2.45) is 0 Å². The molecule has 0 unspecified atom stereocenters. The number of aromatic amines is 1. The fourth-order valence-electron chi connectivity index (χ4n) is 1.96. The number of nitrogens with zero attached hydrogens (tertiary/aromatic N) is 3. The van der Waals surface area contributed by atoms with E-state index in [4.69, 9.17) is 11.6 Å². The summed E-state index contributed by atoms with van der Waals surface area (Å²) in [6, 6.07) is 1.73. The molecule has 20 heavy (non-hydrogen) atoms. The van der Waals surface area contributed by atoms with Gasteiger partial charge in [-0.15, -0.1) is 9.90 Å². The molecule has 104 valence electrons. The molecule has 2 heterocycles. The molecule has 0 spiro atoms. The van der Waals surface area contributed by atoms with Crippen LogP contribution in [0.2, 0.25) is 5.15 Å². The minimum absolute atomic E-state index is 0.0181. The van der Waals surface area contributed by atoms with Crippen molar-refractivity contribution in [3.05, 3.63) is 41.1 Å². The Morgan fingerprint density at radius 1 is 1.30 bits per heavy atom. The second-order valence-electron chi connectivity index (χ2n) is 3.98. The van der Waals surface area contributed by atoms with Crippen LogP contribution in [0.15, 0.2) is 24.5 Å². The second kappa shape index (κ2) is 4.20. The number of hydrogen-bond donors (Lipinski definition) is 1. The second-order valence-corrected chi connectivity index (χ2v) is 4.36. The monoisotopic (exact) mass is 304 g/mol. The first kappa shape index (κ1) is 12.9. The number of alkyl halides is 3. The van der Waals surface area contributed by atoms with Crippen LogP contribution in [-0.4, -0.2) is 20.0 Å². The van der Waals surface area contributed by atoms with E-state index in [9.17, 15) is 17.6 Å². The molecule has 1 aromatic carbocycles. The lowest BCUT2D eigenvalue weighted by Crippen LogP contribution is -2.13. The Bertz CT molecular complexity index is 789. The smallest absolute Gasteiger partial charge is 0.359 e. The average Bonchev–Trinajstić information content (AvgIpc) is 2.96. The van der Waals surface area contributed by atoms with Crippen LogP contribution in [0, 0.1) is 5.82 Å². The van der Waals surface area contributed by atoms with Crippen molar-refractivity contribution in [3.63, 3.8) is 0 Å². The van der Waals surface area contributed by atoms with Gasteiger partial charge in [0.1, 0.15) is 11.5 Å². The lowest BCUT2D eigenvalue weighted by Gasteiger charge is -2.13. The van der Waals surface area contributed by atoms with Crippen molar-refractivity contribution in [1.82, 2.24) is 20.0 Å². The minimum atomic E-state index is -4.75. The topological polar surface area (TPSA) is 46.5 Å². The number of fused-ring (bicyclic) bond motifs is 1. The molecular weight excluding hydrogens is 300 g/mol. The summed E-state index contributed by atoms with van der Waals surface area (Å²) >= 11 is 5.58. The molecule has 0 aliphatic carbocycles. The molecule has 0 amide bonds. The van der Waals surface area contributed by atoms with E-state index in [1.807, 2.05) is 0 Å². The summed E-state index contributed by atoms with van der Waals surface area (Å²) in [5.74, 6) is -1.00. The number of nitrogens with one attached hydrogen (secondary N) is 1. The van der Waals surface area contributed by atoms with Crippen LogP contribution in [0.5, 0.6) is 0 Å². The maximum absolute atomic E-state index is 13.7. The molecule has 4 nitrogen and oxygen atoms in total. The van der Waals surface area contributed by atoms with Gasteiger partial charge in [0.25, 0.3) is 0 Å². The summed E-state index contributed by atoms with van der Waals surface area (Å²) in [7, 11) is 0. The summed E-state index contributed by atoms with van der Waals surface area (Å²) in [4.78, 5) is 3.28. The third kappa shape index (κ3) is 1.92. The van der Waals surface area contributed by atoms with Crippen LogP contribution in [0.3, 0.4) is 0 Å². The van der Waals surface area contributed by atoms with E-state index in [0.717, 1.165) is 11.0 Å². The molecule has 0 radical (unpaired) electrons. The van der Waals surface area contributed by atoms with Crippen molar-refractivity contribution in [3.8, 4) is 5.69 Å². The molecular formula is C11H5ClF4N4. The zero-order chi connectivity index (χ0) is 14.5. The van der Waals surface area contributed by atoms with Crippen LogP contribution in [0.1, 0.15) is 5.56 Å². The fraction of sp³-hybridized carbons (Fsp3) is 0.0909. The van der Waals surface area contributed by atoms with Crippen molar-refractivity contribution < 1.29 is 17.6 Å². The molecule has 3 rings (SSSR count). The Hall–Kier alpha value is -2.09. The van der Waals surface area contributed by atoms with Crippen LogP contribution in [0.4, 0.5) is 17.6 Å². The number of H-pyrrole nitrogens is 1. The van der Waals surface area contributed by atoms with Gasteiger partial charge in [0, 0.05) is 11.6 Å².